The van der Waals surface area contributed by atoms with Gasteiger partial charge < -0.3 is 9.64 Å². The van der Waals surface area contributed by atoms with E-state index in [1.165, 1.54) is 13.3 Å². The van der Waals surface area contributed by atoms with Crippen LogP contribution in [0.4, 0.5) is 5.69 Å². The molecule has 0 aliphatic rings. The van der Waals surface area contributed by atoms with Gasteiger partial charge in [0.2, 0.25) is 0 Å². The van der Waals surface area contributed by atoms with Crippen LogP contribution in [0, 0.1) is 5.92 Å². The maximum atomic E-state index is 12.9. The Labute approximate surface area is 143 Å². The minimum atomic E-state index is -0.440. The zero-order valence-corrected chi connectivity index (χ0v) is 14.5. The first-order valence-electron chi connectivity index (χ1n) is 7.08. The van der Waals surface area contributed by atoms with E-state index >= 15 is 0 Å². The third-order valence-electron chi connectivity index (χ3n) is 3.32. The quantitative estimate of drug-likeness (QED) is 0.751. The van der Waals surface area contributed by atoms with Crippen LogP contribution < -0.4 is 4.90 Å². The van der Waals surface area contributed by atoms with Crippen LogP contribution >= 0.6 is 15.9 Å². The average molecular weight is 377 g/mol. The van der Waals surface area contributed by atoms with E-state index in [2.05, 4.69) is 20.9 Å². The zero-order chi connectivity index (χ0) is 16.8. The number of methoxy groups -OCH3 is 1. The fourth-order valence-electron chi connectivity index (χ4n) is 2.15. The van der Waals surface area contributed by atoms with Crippen LogP contribution in [0.1, 0.15) is 17.3 Å². The summed E-state index contributed by atoms with van der Waals surface area (Å²) < 4.78 is 5.48. The van der Waals surface area contributed by atoms with Crippen molar-refractivity contribution in [3.8, 4) is 0 Å². The molecule has 1 aromatic heterocycles. The first-order valence-corrected chi connectivity index (χ1v) is 7.87. The third-order valence-corrected chi connectivity index (χ3v) is 3.76. The molecule has 0 fully saturated rings. The molecule has 1 unspecified atom stereocenters. The Kier molecular flexibility index (Phi) is 5.87. The molecule has 1 heterocycles. The van der Waals surface area contributed by atoms with Crippen molar-refractivity contribution < 1.29 is 14.3 Å². The summed E-state index contributed by atoms with van der Waals surface area (Å²) in [5.41, 5.74) is 1.16. The van der Waals surface area contributed by atoms with Crippen molar-refractivity contribution in [3.05, 3.63) is 58.8 Å². The highest BCUT2D eigenvalue weighted by Gasteiger charge is 2.24. The molecule has 1 atom stereocenters. The van der Waals surface area contributed by atoms with Gasteiger partial charge in [0, 0.05) is 29.1 Å². The zero-order valence-electron chi connectivity index (χ0n) is 12.9. The number of para-hydroxylation sites is 1. The standard InChI is InChI=1S/C17H17BrN2O3/c1-12(17(22)23-2)11-20(15-6-4-3-5-7-15)16(21)13-8-14(18)10-19-9-13/h3-10,12H,11H2,1-2H3. The van der Waals surface area contributed by atoms with Gasteiger partial charge in [0.05, 0.1) is 18.6 Å². The number of nitrogens with zero attached hydrogens (tertiary/aromatic N) is 2. The molecule has 0 aliphatic carbocycles. The highest BCUT2D eigenvalue weighted by Crippen LogP contribution is 2.20. The van der Waals surface area contributed by atoms with Crippen molar-refractivity contribution in [3.63, 3.8) is 0 Å². The molecule has 2 rings (SSSR count). The van der Waals surface area contributed by atoms with Gasteiger partial charge in [-0.15, -0.1) is 0 Å². The highest BCUT2D eigenvalue weighted by atomic mass is 79.9. The fourth-order valence-corrected chi connectivity index (χ4v) is 2.51. The molecule has 0 spiro atoms. The highest BCUT2D eigenvalue weighted by molar-refractivity contribution is 9.10. The van der Waals surface area contributed by atoms with Crippen LogP contribution in [0.3, 0.4) is 0 Å². The Balaban J connectivity index is 2.33. The molecule has 2 aromatic rings. The molecule has 0 bridgehead atoms. The first kappa shape index (κ1) is 17.1. The van der Waals surface area contributed by atoms with Crippen molar-refractivity contribution in [2.75, 3.05) is 18.6 Å². The van der Waals surface area contributed by atoms with Crippen LogP contribution in [0.25, 0.3) is 0 Å². The van der Waals surface area contributed by atoms with E-state index in [9.17, 15) is 9.59 Å². The minimum absolute atomic E-state index is 0.222. The van der Waals surface area contributed by atoms with Crippen molar-refractivity contribution in [1.29, 1.82) is 0 Å². The minimum Gasteiger partial charge on any atom is -0.469 e. The van der Waals surface area contributed by atoms with Crippen LogP contribution in [0.2, 0.25) is 0 Å². The molecule has 1 aromatic carbocycles. The lowest BCUT2D eigenvalue weighted by Crippen LogP contribution is -2.37. The molecule has 1 amide bonds. The van der Waals surface area contributed by atoms with E-state index in [0.717, 1.165) is 4.47 Å². The lowest BCUT2D eigenvalue weighted by Gasteiger charge is -2.25. The second-order valence-corrected chi connectivity index (χ2v) is 5.98. The summed E-state index contributed by atoms with van der Waals surface area (Å²) in [4.78, 5) is 30.2. The van der Waals surface area contributed by atoms with Gasteiger partial charge in [-0.2, -0.15) is 0 Å². The molecule has 5 nitrogen and oxygen atoms in total. The maximum Gasteiger partial charge on any atom is 0.310 e. The monoisotopic (exact) mass is 376 g/mol. The van der Waals surface area contributed by atoms with E-state index in [4.69, 9.17) is 4.74 Å². The van der Waals surface area contributed by atoms with Crippen molar-refractivity contribution in [2.24, 2.45) is 5.92 Å². The van der Waals surface area contributed by atoms with E-state index in [0.29, 0.717) is 11.3 Å². The van der Waals surface area contributed by atoms with Gasteiger partial charge in [0.25, 0.3) is 5.91 Å². The molecule has 0 saturated carbocycles. The second kappa shape index (κ2) is 7.87. The number of ether oxygens (including phenoxy) is 1. The number of carbonyl (C=O) groups excluding carboxylic acids is 2. The summed E-state index contributed by atoms with van der Waals surface area (Å²) in [6.45, 7) is 1.95. The van der Waals surface area contributed by atoms with Gasteiger partial charge in [-0.05, 0) is 34.1 Å². The molecule has 6 heteroatoms. The fraction of sp³-hybridized carbons (Fsp3) is 0.235. The van der Waals surface area contributed by atoms with Crippen LogP contribution in [-0.2, 0) is 9.53 Å². The molecule has 23 heavy (non-hydrogen) atoms. The molecule has 0 aliphatic heterocycles. The molecular weight excluding hydrogens is 360 g/mol. The lowest BCUT2D eigenvalue weighted by atomic mass is 10.1. The number of amides is 1. The summed E-state index contributed by atoms with van der Waals surface area (Å²) in [5.74, 6) is -1.02. The van der Waals surface area contributed by atoms with Crippen LogP contribution in [-0.4, -0.2) is 30.5 Å². The molecule has 0 N–H and O–H groups in total. The SMILES string of the molecule is COC(=O)C(C)CN(C(=O)c1cncc(Br)c1)c1ccccc1. The Morgan fingerprint density at radius 2 is 1.96 bits per heavy atom. The van der Waals surface area contributed by atoms with E-state index < -0.39 is 5.92 Å². The first-order chi connectivity index (χ1) is 11.0. The Hall–Kier alpha value is -2.21. The van der Waals surface area contributed by atoms with Crippen molar-refractivity contribution in [2.45, 2.75) is 6.92 Å². The summed E-state index contributed by atoms with van der Waals surface area (Å²) in [5, 5.41) is 0. The number of esters is 1. The maximum absolute atomic E-state index is 12.9. The second-order valence-electron chi connectivity index (χ2n) is 5.07. The lowest BCUT2D eigenvalue weighted by molar-refractivity contribution is -0.144. The van der Waals surface area contributed by atoms with Gasteiger partial charge >= 0.3 is 5.97 Å². The molecule has 120 valence electrons. The van der Waals surface area contributed by atoms with Gasteiger partial charge in [0.1, 0.15) is 0 Å². The predicted molar refractivity (Wildman–Crippen MR) is 91.2 cm³/mol. The Morgan fingerprint density at radius 3 is 2.57 bits per heavy atom. The Morgan fingerprint density at radius 1 is 1.26 bits per heavy atom. The summed E-state index contributed by atoms with van der Waals surface area (Å²) in [7, 11) is 1.34. The summed E-state index contributed by atoms with van der Waals surface area (Å²) in [6, 6.07) is 10.9. The van der Waals surface area contributed by atoms with Gasteiger partial charge in [0.15, 0.2) is 0 Å². The largest absolute Gasteiger partial charge is 0.469 e. The number of rotatable bonds is 5. The number of benzene rings is 1. The molecular formula is C17H17BrN2O3. The number of anilines is 1. The number of hydrogen-bond donors (Lipinski definition) is 0. The van der Waals surface area contributed by atoms with E-state index in [1.54, 1.807) is 24.1 Å². The number of halogens is 1. The van der Waals surface area contributed by atoms with Crippen molar-refractivity contribution in [1.82, 2.24) is 4.98 Å². The predicted octanol–water partition coefficient (Wildman–Crippen LogP) is 3.30. The smallest absolute Gasteiger partial charge is 0.310 e. The average Bonchev–Trinajstić information content (AvgIpc) is 2.58. The van der Waals surface area contributed by atoms with Gasteiger partial charge in [-0.1, -0.05) is 25.1 Å². The Bertz CT molecular complexity index is 691. The topological polar surface area (TPSA) is 59.5 Å². The summed E-state index contributed by atoms with van der Waals surface area (Å²) in [6.07, 6.45) is 3.12. The molecule has 0 saturated heterocycles. The number of hydrogen-bond acceptors (Lipinski definition) is 4. The van der Waals surface area contributed by atoms with E-state index in [1.807, 2.05) is 30.3 Å². The number of carbonyl (C=O) groups is 2. The van der Waals surface area contributed by atoms with Gasteiger partial charge in [-0.3, -0.25) is 14.6 Å². The number of pyridine rings is 1. The van der Waals surface area contributed by atoms with Crippen LogP contribution in [0.5, 0.6) is 0 Å². The van der Waals surface area contributed by atoms with E-state index in [-0.39, 0.29) is 18.4 Å². The third kappa shape index (κ3) is 4.39. The molecule has 0 radical (unpaired) electrons. The normalized spacial score (nSPS) is 11.6. The van der Waals surface area contributed by atoms with Gasteiger partial charge in [-0.25, -0.2) is 0 Å². The summed E-state index contributed by atoms with van der Waals surface area (Å²) >= 11 is 3.31. The van der Waals surface area contributed by atoms with Crippen molar-refractivity contribution >= 4 is 33.5 Å². The van der Waals surface area contributed by atoms with Crippen LogP contribution in [0.15, 0.2) is 53.3 Å². The number of aromatic nitrogens is 1.